The summed E-state index contributed by atoms with van der Waals surface area (Å²) in [6, 6.07) is 0. The molecule has 25 heavy (non-hydrogen) atoms. The molecule has 2 N–H and O–H groups in total. The smallest absolute Gasteiger partial charge is 0.303 e. The van der Waals surface area contributed by atoms with Gasteiger partial charge in [-0.05, 0) is 19.8 Å². The molecule has 0 unspecified atom stereocenters. The third kappa shape index (κ3) is 3.67. The number of ether oxygens (including phenoxy) is 1. The van der Waals surface area contributed by atoms with E-state index in [1.165, 1.54) is 0 Å². The predicted octanol–water partition coefficient (Wildman–Crippen LogP) is -0.0678. The Hall–Kier alpha value is -2.00. The lowest BCUT2D eigenvalue weighted by molar-refractivity contribution is -0.145. The first-order valence-corrected chi connectivity index (χ1v) is 8.59. The van der Waals surface area contributed by atoms with Crippen molar-refractivity contribution in [1.29, 1.82) is 0 Å². The SMILES string of the molecule is CC(C)(C(=O)N1C[C@@H](CC(=O)O)[C@@H](c2cn[nH]n2)C1)N1CCOCC1. The Morgan fingerprint density at radius 2 is 2.08 bits per heavy atom. The summed E-state index contributed by atoms with van der Waals surface area (Å²) in [6.45, 7) is 7.44. The van der Waals surface area contributed by atoms with E-state index in [1.54, 1.807) is 11.1 Å². The molecule has 9 heteroatoms. The van der Waals surface area contributed by atoms with E-state index >= 15 is 0 Å². The Kier molecular flexibility index (Phi) is 5.05. The Morgan fingerprint density at radius 1 is 1.36 bits per heavy atom. The molecular weight excluding hydrogens is 326 g/mol. The highest BCUT2D eigenvalue weighted by atomic mass is 16.5. The number of aromatic amines is 1. The van der Waals surface area contributed by atoms with Gasteiger partial charge in [-0.25, -0.2) is 0 Å². The first-order chi connectivity index (χ1) is 11.9. The average molecular weight is 351 g/mol. The lowest BCUT2D eigenvalue weighted by atomic mass is 9.91. The van der Waals surface area contributed by atoms with E-state index in [2.05, 4.69) is 20.3 Å². The van der Waals surface area contributed by atoms with E-state index in [1.807, 2.05) is 13.8 Å². The zero-order valence-corrected chi connectivity index (χ0v) is 14.6. The van der Waals surface area contributed by atoms with E-state index in [0.717, 1.165) is 13.1 Å². The number of carbonyl (C=O) groups excluding carboxylic acids is 1. The van der Waals surface area contributed by atoms with E-state index in [0.29, 0.717) is 32.0 Å². The minimum atomic E-state index is -0.861. The van der Waals surface area contributed by atoms with Gasteiger partial charge in [0.1, 0.15) is 0 Å². The van der Waals surface area contributed by atoms with E-state index in [-0.39, 0.29) is 24.2 Å². The first kappa shape index (κ1) is 17.8. The molecule has 0 radical (unpaired) electrons. The molecule has 0 aromatic carbocycles. The number of hydrogen-bond donors (Lipinski definition) is 2. The molecule has 2 fully saturated rings. The molecule has 3 heterocycles. The van der Waals surface area contributed by atoms with Crippen LogP contribution >= 0.6 is 0 Å². The molecule has 3 rings (SSSR count). The second-order valence-electron chi connectivity index (χ2n) is 7.23. The van der Waals surface area contributed by atoms with Crippen LogP contribution in [0.3, 0.4) is 0 Å². The fourth-order valence-corrected chi connectivity index (χ4v) is 3.84. The fourth-order valence-electron chi connectivity index (χ4n) is 3.84. The Morgan fingerprint density at radius 3 is 2.68 bits per heavy atom. The van der Waals surface area contributed by atoms with Crippen LogP contribution in [-0.4, -0.2) is 87.1 Å². The van der Waals surface area contributed by atoms with Crippen molar-refractivity contribution >= 4 is 11.9 Å². The Labute approximate surface area is 146 Å². The van der Waals surface area contributed by atoms with Crippen molar-refractivity contribution in [2.45, 2.75) is 31.7 Å². The largest absolute Gasteiger partial charge is 0.481 e. The highest BCUT2D eigenvalue weighted by Gasteiger charge is 2.44. The lowest BCUT2D eigenvalue weighted by Crippen LogP contribution is -2.58. The van der Waals surface area contributed by atoms with Crippen LogP contribution in [0, 0.1) is 5.92 Å². The third-order valence-corrected chi connectivity index (χ3v) is 5.30. The standard InChI is InChI=1S/C16H25N5O4/c1-16(2,21-3-5-25-6-4-21)15(24)20-9-11(7-14(22)23)12(10-20)13-8-17-19-18-13/h8,11-12H,3-7,9-10H2,1-2H3,(H,22,23)(H,17,18,19)/t11-,12+/m1/s1. The van der Waals surface area contributed by atoms with Crippen molar-refractivity contribution in [1.82, 2.24) is 25.2 Å². The average Bonchev–Trinajstić information content (AvgIpc) is 3.23. The zero-order chi connectivity index (χ0) is 18.0. The van der Waals surface area contributed by atoms with Gasteiger partial charge in [-0.1, -0.05) is 0 Å². The van der Waals surface area contributed by atoms with Crippen LogP contribution in [-0.2, 0) is 14.3 Å². The van der Waals surface area contributed by atoms with Crippen molar-refractivity contribution in [2.24, 2.45) is 5.92 Å². The van der Waals surface area contributed by atoms with Crippen LogP contribution in [0.2, 0.25) is 0 Å². The molecule has 1 aromatic rings. The van der Waals surface area contributed by atoms with Gasteiger partial charge in [0.05, 0.1) is 37.1 Å². The monoisotopic (exact) mass is 351 g/mol. The highest BCUT2D eigenvalue weighted by molar-refractivity contribution is 5.86. The van der Waals surface area contributed by atoms with Gasteiger partial charge in [-0.15, -0.1) is 0 Å². The van der Waals surface area contributed by atoms with Gasteiger partial charge in [0.15, 0.2) is 0 Å². The normalized spacial score (nSPS) is 25.3. The summed E-state index contributed by atoms with van der Waals surface area (Å²) >= 11 is 0. The van der Waals surface area contributed by atoms with E-state index in [4.69, 9.17) is 4.74 Å². The maximum Gasteiger partial charge on any atom is 0.303 e. The summed E-state index contributed by atoms with van der Waals surface area (Å²) in [6.07, 6.45) is 1.62. The Balaban J connectivity index is 1.75. The quantitative estimate of drug-likeness (QED) is 0.764. The van der Waals surface area contributed by atoms with Crippen molar-refractivity contribution in [3.63, 3.8) is 0 Å². The van der Waals surface area contributed by atoms with Crippen molar-refractivity contribution in [3.8, 4) is 0 Å². The maximum absolute atomic E-state index is 13.2. The van der Waals surface area contributed by atoms with E-state index in [9.17, 15) is 14.7 Å². The molecule has 138 valence electrons. The number of morpholine rings is 1. The van der Waals surface area contributed by atoms with Crippen LogP contribution in [0.1, 0.15) is 31.9 Å². The van der Waals surface area contributed by atoms with Crippen LogP contribution in [0.15, 0.2) is 6.20 Å². The van der Waals surface area contributed by atoms with Gasteiger partial charge in [0, 0.05) is 32.1 Å². The van der Waals surface area contributed by atoms with Crippen LogP contribution in [0.4, 0.5) is 0 Å². The van der Waals surface area contributed by atoms with Crippen LogP contribution < -0.4 is 0 Å². The molecule has 2 saturated heterocycles. The topological polar surface area (TPSA) is 112 Å². The number of rotatable bonds is 5. The number of hydrogen-bond acceptors (Lipinski definition) is 6. The summed E-state index contributed by atoms with van der Waals surface area (Å²) in [5.41, 5.74) is 0.0710. The van der Waals surface area contributed by atoms with Crippen LogP contribution in [0.5, 0.6) is 0 Å². The van der Waals surface area contributed by atoms with Gasteiger partial charge in [0.25, 0.3) is 0 Å². The molecule has 0 bridgehead atoms. The molecule has 2 aliphatic heterocycles. The summed E-state index contributed by atoms with van der Waals surface area (Å²) in [5.74, 6) is -1.11. The number of likely N-dealkylation sites (tertiary alicyclic amines) is 1. The molecule has 1 amide bonds. The number of nitrogens with zero attached hydrogens (tertiary/aromatic N) is 4. The van der Waals surface area contributed by atoms with Gasteiger partial charge in [0.2, 0.25) is 5.91 Å². The molecule has 2 aliphatic rings. The molecule has 0 aliphatic carbocycles. The number of carboxylic acids is 1. The second kappa shape index (κ2) is 7.09. The summed E-state index contributed by atoms with van der Waals surface area (Å²) in [4.78, 5) is 28.3. The van der Waals surface area contributed by atoms with Gasteiger partial charge in [-0.2, -0.15) is 15.4 Å². The summed E-state index contributed by atoms with van der Waals surface area (Å²) in [7, 11) is 0. The molecule has 0 saturated carbocycles. The van der Waals surface area contributed by atoms with Gasteiger partial charge in [-0.3, -0.25) is 14.5 Å². The second-order valence-corrected chi connectivity index (χ2v) is 7.23. The number of aliphatic carboxylic acids is 1. The molecule has 2 atom stereocenters. The molecule has 1 aromatic heterocycles. The minimum absolute atomic E-state index is 0.0132. The summed E-state index contributed by atoms with van der Waals surface area (Å²) in [5, 5.41) is 19.7. The fraction of sp³-hybridized carbons (Fsp3) is 0.750. The number of H-pyrrole nitrogens is 1. The minimum Gasteiger partial charge on any atom is -0.481 e. The van der Waals surface area contributed by atoms with Crippen molar-refractivity contribution in [3.05, 3.63) is 11.9 Å². The Bertz CT molecular complexity index is 612. The van der Waals surface area contributed by atoms with Crippen LogP contribution in [0.25, 0.3) is 0 Å². The third-order valence-electron chi connectivity index (χ3n) is 5.30. The first-order valence-electron chi connectivity index (χ1n) is 8.59. The number of nitrogens with one attached hydrogen (secondary N) is 1. The highest BCUT2D eigenvalue weighted by Crippen LogP contribution is 2.35. The summed E-state index contributed by atoms with van der Waals surface area (Å²) < 4.78 is 5.38. The number of aromatic nitrogens is 3. The van der Waals surface area contributed by atoms with E-state index < -0.39 is 11.5 Å². The van der Waals surface area contributed by atoms with Crippen molar-refractivity contribution < 1.29 is 19.4 Å². The van der Waals surface area contributed by atoms with Gasteiger partial charge >= 0.3 is 5.97 Å². The number of amides is 1. The maximum atomic E-state index is 13.2. The zero-order valence-electron chi connectivity index (χ0n) is 14.6. The predicted molar refractivity (Wildman–Crippen MR) is 87.9 cm³/mol. The molecular formula is C16H25N5O4. The van der Waals surface area contributed by atoms with Gasteiger partial charge < -0.3 is 14.7 Å². The number of carbonyl (C=O) groups is 2. The van der Waals surface area contributed by atoms with Crippen molar-refractivity contribution in [2.75, 3.05) is 39.4 Å². The number of carboxylic acid groups (broad SMARTS) is 1. The molecule has 0 spiro atoms. The molecule has 9 nitrogen and oxygen atoms in total. The lowest BCUT2D eigenvalue weighted by Gasteiger charge is -2.41.